The van der Waals surface area contributed by atoms with Crippen LogP contribution in [0.25, 0.3) is 0 Å². The Bertz CT molecular complexity index is 563. The second-order valence-corrected chi connectivity index (χ2v) is 8.27. The van der Waals surface area contributed by atoms with Crippen LogP contribution < -0.4 is 5.73 Å². The highest BCUT2D eigenvalue weighted by molar-refractivity contribution is 9.12. The Morgan fingerprint density at radius 2 is 1.94 bits per heavy atom. The van der Waals surface area contributed by atoms with Gasteiger partial charge in [0.2, 0.25) is 0 Å². The van der Waals surface area contributed by atoms with Gasteiger partial charge in [-0.2, -0.15) is 0 Å². The molecule has 96 valence electrons. The minimum Gasteiger partial charge on any atom is -0.324 e. The summed E-state index contributed by atoms with van der Waals surface area (Å²) in [6.45, 7) is 4.26. The normalized spacial score (nSPS) is 12.7. The van der Waals surface area contributed by atoms with E-state index in [1.54, 1.807) is 11.3 Å². The van der Waals surface area contributed by atoms with Crippen LogP contribution in [0.3, 0.4) is 0 Å². The smallest absolute Gasteiger partial charge is 0.0758 e. The fraction of sp³-hybridized carbons (Fsp3) is 0.286. The lowest BCUT2D eigenvalue weighted by atomic mass is 9.97. The van der Waals surface area contributed by atoms with Gasteiger partial charge in [-0.25, -0.2) is 0 Å². The van der Waals surface area contributed by atoms with Gasteiger partial charge in [-0.3, -0.25) is 0 Å². The van der Waals surface area contributed by atoms with Gasteiger partial charge in [0.25, 0.3) is 0 Å². The molecule has 1 atom stereocenters. The first kappa shape index (κ1) is 14.3. The molecule has 0 saturated heterocycles. The van der Waals surface area contributed by atoms with Gasteiger partial charge in [0.1, 0.15) is 0 Å². The molecule has 1 heterocycles. The monoisotopic (exact) mass is 387 g/mol. The van der Waals surface area contributed by atoms with Crippen LogP contribution in [0.5, 0.6) is 0 Å². The van der Waals surface area contributed by atoms with E-state index in [9.17, 15) is 0 Å². The van der Waals surface area contributed by atoms with E-state index in [-0.39, 0.29) is 6.04 Å². The molecule has 0 saturated carbocycles. The molecule has 1 aromatic heterocycles. The van der Waals surface area contributed by atoms with Gasteiger partial charge >= 0.3 is 0 Å². The molecule has 2 aromatic rings. The number of benzene rings is 1. The summed E-state index contributed by atoms with van der Waals surface area (Å²) in [6, 6.07) is 8.66. The van der Waals surface area contributed by atoms with Crippen molar-refractivity contribution in [3.63, 3.8) is 0 Å². The van der Waals surface area contributed by atoms with Crippen molar-refractivity contribution in [2.45, 2.75) is 26.3 Å². The Balaban J connectivity index is 2.23. The van der Waals surface area contributed by atoms with E-state index in [2.05, 4.69) is 70.0 Å². The summed E-state index contributed by atoms with van der Waals surface area (Å²) in [5, 5.41) is 0. The first-order valence-electron chi connectivity index (χ1n) is 5.74. The van der Waals surface area contributed by atoms with Crippen LogP contribution in [0, 0.1) is 13.8 Å². The predicted octanol–water partition coefficient (Wildman–Crippen LogP) is 5.13. The molecule has 0 amide bonds. The molecule has 0 fully saturated rings. The van der Waals surface area contributed by atoms with Crippen molar-refractivity contribution in [3.8, 4) is 0 Å². The summed E-state index contributed by atoms with van der Waals surface area (Å²) in [4.78, 5) is 0. The summed E-state index contributed by atoms with van der Waals surface area (Å²) in [5.74, 6) is 0. The Kier molecular flexibility index (Phi) is 4.64. The third kappa shape index (κ3) is 3.23. The van der Waals surface area contributed by atoms with E-state index >= 15 is 0 Å². The lowest BCUT2D eigenvalue weighted by molar-refractivity contribution is 0.718. The number of thiophene rings is 1. The van der Waals surface area contributed by atoms with Crippen LogP contribution in [0.15, 0.2) is 31.8 Å². The van der Waals surface area contributed by atoms with Crippen LogP contribution in [0.1, 0.15) is 28.3 Å². The fourth-order valence-corrected chi connectivity index (χ4v) is 4.97. The maximum Gasteiger partial charge on any atom is 0.0758 e. The Labute approximate surface area is 129 Å². The molecule has 1 unspecified atom stereocenters. The van der Waals surface area contributed by atoms with E-state index in [0.29, 0.717) is 0 Å². The molecule has 0 aliphatic heterocycles. The van der Waals surface area contributed by atoms with Crippen LogP contribution >= 0.6 is 43.2 Å². The van der Waals surface area contributed by atoms with Crippen LogP contribution in [0.2, 0.25) is 0 Å². The van der Waals surface area contributed by atoms with E-state index in [0.717, 1.165) is 14.0 Å². The maximum atomic E-state index is 6.32. The van der Waals surface area contributed by atoms with Crippen molar-refractivity contribution >= 4 is 43.2 Å². The molecule has 18 heavy (non-hydrogen) atoms. The average molecular weight is 389 g/mol. The van der Waals surface area contributed by atoms with E-state index < -0.39 is 0 Å². The zero-order valence-corrected chi connectivity index (χ0v) is 14.3. The molecule has 1 nitrogen and oxygen atoms in total. The maximum absolute atomic E-state index is 6.32. The van der Waals surface area contributed by atoms with Crippen molar-refractivity contribution in [2.75, 3.05) is 0 Å². The predicted molar refractivity (Wildman–Crippen MR) is 86.3 cm³/mol. The van der Waals surface area contributed by atoms with Crippen molar-refractivity contribution in [1.82, 2.24) is 0 Å². The Hall–Kier alpha value is -0.160. The fourth-order valence-electron chi connectivity index (χ4n) is 1.97. The molecule has 0 radical (unpaired) electrons. The summed E-state index contributed by atoms with van der Waals surface area (Å²) in [7, 11) is 0. The SMILES string of the molecule is Cc1ccc(C)c(CC(N)c2cc(Br)sc2Br)c1. The van der Waals surface area contributed by atoms with Gasteiger partial charge in [0, 0.05) is 6.04 Å². The van der Waals surface area contributed by atoms with Gasteiger partial charge < -0.3 is 5.73 Å². The first-order valence-corrected chi connectivity index (χ1v) is 8.14. The largest absolute Gasteiger partial charge is 0.324 e. The third-order valence-electron chi connectivity index (χ3n) is 3.03. The second-order valence-electron chi connectivity index (χ2n) is 4.52. The number of halogens is 2. The van der Waals surface area contributed by atoms with Crippen LogP contribution in [-0.2, 0) is 6.42 Å². The Morgan fingerprint density at radius 1 is 1.22 bits per heavy atom. The molecule has 2 rings (SSSR count). The number of rotatable bonds is 3. The molecule has 0 spiro atoms. The van der Waals surface area contributed by atoms with E-state index in [1.165, 1.54) is 22.3 Å². The molecule has 0 aliphatic carbocycles. The van der Waals surface area contributed by atoms with Gasteiger partial charge in [-0.05, 0) is 74.9 Å². The number of hydrogen-bond acceptors (Lipinski definition) is 2. The van der Waals surface area contributed by atoms with Crippen LogP contribution in [-0.4, -0.2) is 0 Å². The van der Waals surface area contributed by atoms with Gasteiger partial charge in [0.05, 0.1) is 7.57 Å². The highest BCUT2D eigenvalue weighted by Gasteiger charge is 2.14. The zero-order chi connectivity index (χ0) is 13.3. The summed E-state index contributed by atoms with van der Waals surface area (Å²) in [5.41, 5.74) is 11.4. The third-order valence-corrected chi connectivity index (χ3v) is 5.41. The first-order chi connectivity index (χ1) is 8.47. The topological polar surface area (TPSA) is 26.0 Å². The molecular formula is C14H15Br2NS. The zero-order valence-electron chi connectivity index (χ0n) is 10.3. The highest BCUT2D eigenvalue weighted by atomic mass is 79.9. The van der Waals surface area contributed by atoms with Gasteiger partial charge in [-0.15, -0.1) is 11.3 Å². The highest BCUT2D eigenvalue weighted by Crippen LogP contribution is 2.36. The molecule has 2 N–H and O–H groups in total. The lowest BCUT2D eigenvalue weighted by Gasteiger charge is -2.13. The van der Waals surface area contributed by atoms with Gasteiger partial charge in [-0.1, -0.05) is 23.8 Å². The summed E-state index contributed by atoms with van der Waals surface area (Å²) >= 11 is 8.74. The second kappa shape index (κ2) is 5.87. The van der Waals surface area contributed by atoms with Gasteiger partial charge in [0.15, 0.2) is 0 Å². The number of aryl methyl sites for hydroxylation is 2. The summed E-state index contributed by atoms with van der Waals surface area (Å²) < 4.78 is 2.23. The quantitative estimate of drug-likeness (QED) is 0.774. The number of nitrogens with two attached hydrogens (primary N) is 1. The van der Waals surface area contributed by atoms with Crippen molar-refractivity contribution < 1.29 is 0 Å². The minimum absolute atomic E-state index is 0.0300. The van der Waals surface area contributed by atoms with E-state index in [4.69, 9.17) is 5.73 Å². The lowest BCUT2D eigenvalue weighted by Crippen LogP contribution is -2.13. The molecule has 4 heteroatoms. The minimum atomic E-state index is 0.0300. The molecule has 1 aromatic carbocycles. The molecular weight excluding hydrogens is 374 g/mol. The molecule has 0 bridgehead atoms. The standard InChI is InChI=1S/C14H15Br2NS/c1-8-3-4-9(2)10(5-8)6-12(17)11-7-13(15)18-14(11)16/h3-5,7,12H,6,17H2,1-2H3. The van der Waals surface area contributed by atoms with Crippen molar-refractivity contribution in [3.05, 3.63) is 54.1 Å². The van der Waals surface area contributed by atoms with Crippen molar-refractivity contribution in [1.29, 1.82) is 0 Å². The summed E-state index contributed by atoms with van der Waals surface area (Å²) in [6.07, 6.45) is 0.870. The van der Waals surface area contributed by atoms with Crippen molar-refractivity contribution in [2.24, 2.45) is 5.73 Å². The Morgan fingerprint density at radius 3 is 2.56 bits per heavy atom. The van der Waals surface area contributed by atoms with E-state index in [1.807, 2.05) is 0 Å². The molecule has 0 aliphatic rings. The van der Waals surface area contributed by atoms with Crippen LogP contribution in [0.4, 0.5) is 0 Å². The number of hydrogen-bond donors (Lipinski definition) is 1. The average Bonchev–Trinajstić information content (AvgIpc) is 2.63.